The second-order valence-electron chi connectivity index (χ2n) is 7.27. The van der Waals surface area contributed by atoms with E-state index in [2.05, 4.69) is 55.4 Å². The molecule has 0 heterocycles. The summed E-state index contributed by atoms with van der Waals surface area (Å²) in [6.07, 6.45) is 6.83. The zero-order valence-corrected chi connectivity index (χ0v) is 14.3. The van der Waals surface area contributed by atoms with Gasteiger partial charge in [0.05, 0.1) is 0 Å². The third-order valence-electron chi connectivity index (χ3n) is 5.81. The van der Waals surface area contributed by atoms with Crippen LogP contribution < -0.4 is 0 Å². The standard InChI is InChI=1S/C18H38/c1-9-13-18(8,14(3)4)17(7)16(6)12-11-15(5)10-2/h14-17H,9-13H2,1-8H3. The van der Waals surface area contributed by atoms with Gasteiger partial charge in [-0.25, -0.2) is 0 Å². The lowest BCUT2D eigenvalue weighted by molar-refractivity contribution is 0.0666. The maximum Gasteiger partial charge on any atom is -0.0275 e. The molecule has 0 nitrogen and oxygen atoms in total. The lowest BCUT2D eigenvalue weighted by Crippen LogP contribution is -2.35. The maximum atomic E-state index is 2.52. The van der Waals surface area contributed by atoms with E-state index in [0.717, 1.165) is 23.7 Å². The van der Waals surface area contributed by atoms with E-state index in [1.807, 2.05) is 0 Å². The minimum atomic E-state index is 0.517. The Morgan fingerprint density at radius 1 is 0.889 bits per heavy atom. The highest BCUT2D eigenvalue weighted by molar-refractivity contribution is 4.85. The molecule has 0 aliphatic heterocycles. The van der Waals surface area contributed by atoms with Crippen LogP contribution in [0, 0.1) is 29.1 Å². The zero-order valence-electron chi connectivity index (χ0n) is 14.3. The third kappa shape index (κ3) is 4.94. The van der Waals surface area contributed by atoms with Crippen molar-refractivity contribution in [3.63, 3.8) is 0 Å². The van der Waals surface area contributed by atoms with Crippen molar-refractivity contribution in [2.24, 2.45) is 29.1 Å². The van der Waals surface area contributed by atoms with Crippen LogP contribution in [0.5, 0.6) is 0 Å². The molecule has 0 N–H and O–H groups in total. The van der Waals surface area contributed by atoms with Gasteiger partial charge in [0.1, 0.15) is 0 Å². The van der Waals surface area contributed by atoms with Crippen molar-refractivity contribution in [2.45, 2.75) is 87.5 Å². The van der Waals surface area contributed by atoms with Crippen molar-refractivity contribution in [1.29, 1.82) is 0 Å². The zero-order chi connectivity index (χ0) is 14.3. The fourth-order valence-corrected chi connectivity index (χ4v) is 3.23. The molecular formula is C18H38. The Labute approximate surface area is 117 Å². The van der Waals surface area contributed by atoms with Crippen molar-refractivity contribution in [1.82, 2.24) is 0 Å². The second kappa shape index (κ2) is 8.23. The largest absolute Gasteiger partial charge is 0.0654 e. The van der Waals surface area contributed by atoms with Gasteiger partial charge in [0.25, 0.3) is 0 Å². The van der Waals surface area contributed by atoms with Gasteiger partial charge in [0.2, 0.25) is 0 Å². The fraction of sp³-hybridized carbons (Fsp3) is 1.00. The van der Waals surface area contributed by atoms with E-state index in [1.54, 1.807) is 0 Å². The monoisotopic (exact) mass is 254 g/mol. The van der Waals surface area contributed by atoms with Gasteiger partial charge >= 0.3 is 0 Å². The molecule has 0 aromatic heterocycles. The van der Waals surface area contributed by atoms with Gasteiger partial charge < -0.3 is 0 Å². The molecule has 18 heavy (non-hydrogen) atoms. The van der Waals surface area contributed by atoms with Crippen molar-refractivity contribution in [3.05, 3.63) is 0 Å². The van der Waals surface area contributed by atoms with Crippen LogP contribution in [-0.2, 0) is 0 Å². The van der Waals surface area contributed by atoms with E-state index in [4.69, 9.17) is 0 Å². The lowest BCUT2D eigenvalue weighted by atomic mass is 9.62. The molecule has 0 aromatic rings. The Morgan fingerprint density at radius 2 is 1.44 bits per heavy atom. The van der Waals surface area contributed by atoms with Crippen LogP contribution in [0.3, 0.4) is 0 Å². The van der Waals surface area contributed by atoms with E-state index in [1.165, 1.54) is 32.1 Å². The summed E-state index contributed by atoms with van der Waals surface area (Å²) < 4.78 is 0. The Hall–Kier alpha value is 0. The quantitative estimate of drug-likeness (QED) is 0.438. The fourth-order valence-electron chi connectivity index (χ4n) is 3.23. The molecular weight excluding hydrogens is 216 g/mol. The van der Waals surface area contributed by atoms with Crippen LogP contribution >= 0.6 is 0 Å². The topological polar surface area (TPSA) is 0 Å². The van der Waals surface area contributed by atoms with Crippen LogP contribution in [0.4, 0.5) is 0 Å². The Kier molecular flexibility index (Phi) is 8.23. The average molecular weight is 255 g/mol. The highest BCUT2D eigenvalue weighted by Crippen LogP contribution is 2.44. The molecule has 0 amide bonds. The summed E-state index contributed by atoms with van der Waals surface area (Å²) in [5.41, 5.74) is 0.517. The Morgan fingerprint density at radius 3 is 1.83 bits per heavy atom. The summed E-state index contributed by atoms with van der Waals surface area (Å²) in [6.45, 7) is 19.4. The van der Waals surface area contributed by atoms with E-state index in [9.17, 15) is 0 Å². The molecule has 0 saturated carbocycles. The molecule has 0 aromatic carbocycles. The van der Waals surface area contributed by atoms with Gasteiger partial charge in [-0.1, -0.05) is 81.1 Å². The average Bonchev–Trinajstić information content (AvgIpc) is 2.34. The predicted octanol–water partition coefficient (Wildman–Crippen LogP) is 6.55. The minimum Gasteiger partial charge on any atom is -0.0654 e. The molecule has 0 aliphatic rings. The summed E-state index contributed by atoms with van der Waals surface area (Å²) in [5.74, 6) is 3.38. The van der Waals surface area contributed by atoms with Crippen molar-refractivity contribution in [2.75, 3.05) is 0 Å². The molecule has 0 aliphatic carbocycles. The van der Waals surface area contributed by atoms with Crippen LogP contribution in [-0.4, -0.2) is 0 Å². The molecule has 0 bridgehead atoms. The van der Waals surface area contributed by atoms with Crippen LogP contribution in [0.25, 0.3) is 0 Å². The molecule has 4 atom stereocenters. The van der Waals surface area contributed by atoms with E-state index in [0.29, 0.717) is 5.41 Å². The van der Waals surface area contributed by atoms with Gasteiger partial charge in [-0.2, -0.15) is 0 Å². The Bertz CT molecular complexity index is 206. The molecule has 4 unspecified atom stereocenters. The van der Waals surface area contributed by atoms with Gasteiger partial charge in [0, 0.05) is 0 Å². The smallest absolute Gasteiger partial charge is 0.0275 e. The molecule has 0 radical (unpaired) electrons. The summed E-state index contributed by atoms with van der Waals surface area (Å²) in [4.78, 5) is 0. The first kappa shape index (κ1) is 18.0. The minimum absolute atomic E-state index is 0.517. The summed E-state index contributed by atoms with van der Waals surface area (Å²) in [5, 5.41) is 0. The lowest BCUT2D eigenvalue weighted by Gasteiger charge is -2.43. The first-order chi connectivity index (χ1) is 8.29. The molecule has 0 saturated heterocycles. The van der Waals surface area contributed by atoms with Gasteiger partial charge in [-0.15, -0.1) is 0 Å². The van der Waals surface area contributed by atoms with Crippen LogP contribution in [0.1, 0.15) is 87.5 Å². The number of rotatable bonds is 9. The van der Waals surface area contributed by atoms with E-state index >= 15 is 0 Å². The van der Waals surface area contributed by atoms with Crippen LogP contribution in [0.2, 0.25) is 0 Å². The molecule has 0 fully saturated rings. The second-order valence-corrected chi connectivity index (χ2v) is 7.27. The molecule has 0 heteroatoms. The van der Waals surface area contributed by atoms with Crippen molar-refractivity contribution < 1.29 is 0 Å². The third-order valence-corrected chi connectivity index (χ3v) is 5.81. The van der Waals surface area contributed by atoms with Crippen molar-refractivity contribution in [3.8, 4) is 0 Å². The maximum absolute atomic E-state index is 2.52. The highest BCUT2D eigenvalue weighted by Gasteiger charge is 2.36. The highest BCUT2D eigenvalue weighted by atomic mass is 14.4. The molecule has 0 rings (SSSR count). The van der Waals surface area contributed by atoms with Crippen molar-refractivity contribution >= 4 is 0 Å². The SMILES string of the molecule is CCCC(C)(C(C)C)C(C)C(C)CCC(C)CC. The molecule has 0 spiro atoms. The Balaban J connectivity index is 4.52. The summed E-state index contributed by atoms with van der Waals surface area (Å²) >= 11 is 0. The summed E-state index contributed by atoms with van der Waals surface area (Å²) in [7, 11) is 0. The number of hydrogen-bond donors (Lipinski definition) is 0. The predicted molar refractivity (Wildman–Crippen MR) is 84.9 cm³/mol. The van der Waals surface area contributed by atoms with Gasteiger partial charge in [0.15, 0.2) is 0 Å². The number of hydrogen-bond acceptors (Lipinski definition) is 0. The molecule has 110 valence electrons. The first-order valence-electron chi connectivity index (χ1n) is 8.29. The van der Waals surface area contributed by atoms with E-state index < -0.39 is 0 Å². The van der Waals surface area contributed by atoms with Crippen LogP contribution in [0.15, 0.2) is 0 Å². The van der Waals surface area contributed by atoms with Gasteiger partial charge in [-0.3, -0.25) is 0 Å². The first-order valence-corrected chi connectivity index (χ1v) is 8.29. The van der Waals surface area contributed by atoms with Gasteiger partial charge in [-0.05, 0) is 35.5 Å². The van der Waals surface area contributed by atoms with E-state index in [-0.39, 0.29) is 0 Å². The summed E-state index contributed by atoms with van der Waals surface area (Å²) in [6, 6.07) is 0. The normalized spacial score (nSPS) is 20.5.